The number of nitrogens with zero attached hydrogens (tertiary/aromatic N) is 1. The van der Waals surface area contributed by atoms with Crippen molar-refractivity contribution in [3.05, 3.63) is 0 Å². The molecule has 0 aromatic carbocycles. The molecule has 1 saturated carbocycles. The lowest BCUT2D eigenvalue weighted by Gasteiger charge is -2.38. The Morgan fingerprint density at radius 3 is 2.29 bits per heavy atom. The summed E-state index contributed by atoms with van der Waals surface area (Å²) >= 11 is 0. The van der Waals surface area contributed by atoms with Gasteiger partial charge >= 0.3 is 5.97 Å². The van der Waals surface area contributed by atoms with Crippen LogP contribution in [0, 0.1) is 11.8 Å². The number of hydrogen-bond donors (Lipinski definition) is 0. The van der Waals surface area contributed by atoms with Crippen molar-refractivity contribution in [2.24, 2.45) is 11.8 Å². The minimum atomic E-state index is -0.0969. The van der Waals surface area contributed by atoms with Crippen LogP contribution in [0.25, 0.3) is 0 Å². The average Bonchev–Trinajstić information content (AvgIpc) is 2.28. The van der Waals surface area contributed by atoms with Gasteiger partial charge in [-0.1, -0.05) is 20.8 Å². The Kier molecular flexibility index (Phi) is 5.96. The third-order valence-corrected chi connectivity index (χ3v) is 3.91. The van der Waals surface area contributed by atoms with E-state index in [0.717, 1.165) is 24.9 Å². The quantitative estimate of drug-likeness (QED) is 0.693. The predicted octanol–water partition coefficient (Wildman–Crippen LogP) is 2.70. The summed E-state index contributed by atoms with van der Waals surface area (Å²) in [6.45, 7) is 8.74. The van der Waals surface area contributed by atoms with Gasteiger partial charge in [0.15, 0.2) is 0 Å². The van der Waals surface area contributed by atoms with Gasteiger partial charge in [-0.3, -0.25) is 4.79 Å². The molecule has 1 rings (SSSR count). The van der Waals surface area contributed by atoms with Crippen molar-refractivity contribution in [1.82, 2.24) is 4.90 Å². The first-order chi connectivity index (χ1) is 8.06. The SMILES string of the molecule is CCN(CCC(=O)OC)C1CC(C)CC(C)C1. The largest absolute Gasteiger partial charge is 0.469 e. The van der Waals surface area contributed by atoms with E-state index >= 15 is 0 Å². The molecule has 0 N–H and O–H groups in total. The molecule has 0 spiro atoms. The molecule has 2 atom stereocenters. The molecule has 3 heteroatoms. The average molecular weight is 241 g/mol. The molecular weight excluding hydrogens is 214 g/mol. The fourth-order valence-electron chi connectivity index (χ4n) is 3.14. The molecule has 0 aromatic rings. The van der Waals surface area contributed by atoms with Gasteiger partial charge in [0.1, 0.15) is 0 Å². The van der Waals surface area contributed by atoms with Gasteiger partial charge in [-0.2, -0.15) is 0 Å². The van der Waals surface area contributed by atoms with E-state index < -0.39 is 0 Å². The van der Waals surface area contributed by atoms with Gasteiger partial charge < -0.3 is 9.64 Å². The summed E-state index contributed by atoms with van der Waals surface area (Å²) in [4.78, 5) is 13.6. The van der Waals surface area contributed by atoms with Crippen LogP contribution in [0.3, 0.4) is 0 Å². The molecule has 1 aliphatic rings. The Labute approximate surface area is 106 Å². The summed E-state index contributed by atoms with van der Waals surface area (Å²) in [5.41, 5.74) is 0. The molecule has 3 nitrogen and oxygen atoms in total. The third-order valence-electron chi connectivity index (χ3n) is 3.91. The van der Waals surface area contributed by atoms with Gasteiger partial charge in [-0.25, -0.2) is 0 Å². The maximum absolute atomic E-state index is 11.2. The second kappa shape index (κ2) is 7.00. The van der Waals surface area contributed by atoms with Crippen LogP contribution in [0.15, 0.2) is 0 Å². The van der Waals surface area contributed by atoms with Crippen molar-refractivity contribution >= 4 is 5.97 Å². The van der Waals surface area contributed by atoms with Gasteiger partial charge in [0, 0.05) is 12.6 Å². The van der Waals surface area contributed by atoms with Crippen LogP contribution in [0.1, 0.15) is 46.5 Å². The number of ether oxygens (including phenoxy) is 1. The van der Waals surface area contributed by atoms with E-state index in [1.165, 1.54) is 26.4 Å². The molecule has 1 fully saturated rings. The van der Waals surface area contributed by atoms with Crippen LogP contribution in [0.4, 0.5) is 0 Å². The van der Waals surface area contributed by atoms with Gasteiger partial charge in [-0.15, -0.1) is 0 Å². The van der Waals surface area contributed by atoms with Crippen LogP contribution >= 0.6 is 0 Å². The molecule has 17 heavy (non-hydrogen) atoms. The molecular formula is C14H27NO2. The van der Waals surface area contributed by atoms with E-state index in [9.17, 15) is 4.79 Å². The van der Waals surface area contributed by atoms with Crippen LogP contribution in [0.5, 0.6) is 0 Å². The van der Waals surface area contributed by atoms with Crippen LogP contribution in [-0.2, 0) is 9.53 Å². The van der Waals surface area contributed by atoms with Crippen molar-refractivity contribution in [2.45, 2.75) is 52.5 Å². The minimum absolute atomic E-state index is 0.0969. The summed E-state index contributed by atoms with van der Waals surface area (Å²) in [5, 5.41) is 0. The normalized spacial score (nSPS) is 29.4. The fourth-order valence-corrected chi connectivity index (χ4v) is 3.14. The zero-order valence-electron chi connectivity index (χ0n) is 11.7. The monoisotopic (exact) mass is 241 g/mol. The van der Waals surface area contributed by atoms with Crippen molar-refractivity contribution in [2.75, 3.05) is 20.2 Å². The van der Waals surface area contributed by atoms with Crippen molar-refractivity contribution in [3.8, 4) is 0 Å². The third kappa shape index (κ3) is 4.66. The Balaban J connectivity index is 2.45. The number of rotatable bonds is 5. The van der Waals surface area contributed by atoms with Crippen LogP contribution < -0.4 is 0 Å². The first kappa shape index (κ1) is 14.5. The smallest absolute Gasteiger partial charge is 0.306 e. The van der Waals surface area contributed by atoms with Crippen molar-refractivity contribution in [1.29, 1.82) is 0 Å². The van der Waals surface area contributed by atoms with E-state index in [1.807, 2.05) is 0 Å². The molecule has 0 aliphatic heterocycles. The number of methoxy groups -OCH3 is 1. The second-order valence-corrected chi connectivity index (χ2v) is 5.53. The van der Waals surface area contributed by atoms with Crippen LogP contribution in [-0.4, -0.2) is 37.1 Å². The number of esters is 1. The van der Waals surface area contributed by atoms with E-state index in [2.05, 4.69) is 25.7 Å². The standard InChI is InChI=1S/C14H27NO2/c1-5-15(7-6-14(16)17-4)13-9-11(2)8-12(3)10-13/h11-13H,5-10H2,1-4H3. The summed E-state index contributed by atoms with van der Waals surface area (Å²) < 4.78 is 4.71. The van der Waals surface area contributed by atoms with E-state index in [0.29, 0.717) is 12.5 Å². The van der Waals surface area contributed by atoms with E-state index in [4.69, 9.17) is 4.74 Å². The van der Waals surface area contributed by atoms with E-state index in [-0.39, 0.29) is 5.97 Å². The molecule has 0 saturated heterocycles. The lowest BCUT2D eigenvalue weighted by atomic mass is 9.80. The fraction of sp³-hybridized carbons (Fsp3) is 0.929. The Morgan fingerprint density at radius 1 is 1.24 bits per heavy atom. The molecule has 2 unspecified atom stereocenters. The molecule has 0 aromatic heterocycles. The lowest BCUT2D eigenvalue weighted by Crippen LogP contribution is -2.41. The van der Waals surface area contributed by atoms with Gasteiger partial charge in [-0.05, 0) is 37.6 Å². The highest BCUT2D eigenvalue weighted by atomic mass is 16.5. The molecule has 0 radical (unpaired) electrons. The Hall–Kier alpha value is -0.570. The number of hydrogen-bond acceptors (Lipinski definition) is 3. The number of carbonyl (C=O) groups is 1. The molecule has 100 valence electrons. The number of carbonyl (C=O) groups excluding carboxylic acids is 1. The maximum atomic E-state index is 11.2. The van der Waals surface area contributed by atoms with Gasteiger partial charge in [0.2, 0.25) is 0 Å². The van der Waals surface area contributed by atoms with Crippen molar-refractivity contribution < 1.29 is 9.53 Å². The minimum Gasteiger partial charge on any atom is -0.469 e. The highest BCUT2D eigenvalue weighted by molar-refractivity contribution is 5.69. The first-order valence-electron chi connectivity index (χ1n) is 6.87. The first-order valence-corrected chi connectivity index (χ1v) is 6.87. The van der Waals surface area contributed by atoms with Crippen LogP contribution in [0.2, 0.25) is 0 Å². The summed E-state index contributed by atoms with van der Waals surface area (Å²) in [5.74, 6) is 1.53. The highest BCUT2D eigenvalue weighted by Crippen LogP contribution is 2.31. The molecule has 0 amide bonds. The molecule has 0 heterocycles. The van der Waals surface area contributed by atoms with Gasteiger partial charge in [0.05, 0.1) is 13.5 Å². The Bertz CT molecular complexity index is 232. The maximum Gasteiger partial charge on any atom is 0.306 e. The predicted molar refractivity (Wildman–Crippen MR) is 69.8 cm³/mol. The summed E-state index contributed by atoms with van der Waals surface area (Å²) in [6.07, 6.45) is 4.42. The highest BCUT2D eigenvalue weighted by Gasteiger charge is 2.27. The zero-order chi connectivity index (χ0) is 12.8. The van der Waals surface area contributed by atoms with Gasteiger partial charge in [0.25, 0.3) is 0 Å². The lowest BCUT2D eigenvalue weighted by molar-refractivity contribution is -0.141. The summed E-state index contributed by atoms with van der Waals surface area (Å²) in [6, 6.07) is 0.656. The molecule has 0 bridgehead atoms. The topological polar surface area (TPSA) is 29.5 Å². The Morgan fingerprint density at radius 2 is 1.82 bits per heavy atom. The zero-order valence-corrected chi connectivity index (χ0v) is 11.7. The summed E-state index contributed by atoms with van der Waals surface area (Å²) in [7, 11) is 1.46. The van der Waals surface area contributed by atoms with Crippen molar-refractivity contribution in [3.63, 3.8) is 0 Å². The van der Waals surface area contributed by atoms with E-state index in [1.54, 1.807) is 0 Å². The molecule has 1 aliphatic carbocycles. The second-order valence-electron chi connectivity index (χ2n) is 5.53.